The van der Waals surface area contributed by atoms with Gasteiger partial charge in [-0.2, -0.15) is 0 Å². The number of hydrogen-bond donors (Lipinski definition) is 1. The summed E-state index contributed by atoms with van der Waals surface area (Å²) in [7, 11) is 1.95. The van der Waals surface area contributed by atoms with E-state index in [0.29, 0.717) is 43.3 Å². The van der Waals surface area contributed by atoms with Crippen LogP contribution in [0.2, 0.25) is 0 Å². The van der Waals surface area contributed by atoms with Crippen LogP contribution in [0, 0.1) is 17.7 Å². The largest absolute Gasteiger partial charge is 0.381 e. The van der Waals surface area contributed by atoms with E-state index in [1.807, 2.05) is 35.0 Å². The molecule has 2 fully saturated rings. The molecule has 2 aliphatic heterocycles. The van der Waals surface area contributed by atoms with Crippen molar-refractivity contribution in [1.82, 2.24) is 14.8 Å². The Labute approximate surface area is 211 Å². The highest BCUT2D eigenvalue weighted by atomic mass is 19.1. The second-order valence-corrected chi connectivity index (χ2v) is 10.1. The Bertz CT molecular complexity index is 1200. The van der Waals surface area contributed by atoms with E-state index in [9.17, 15) is 14.0 Å². The number of nitrogens with one attached hydrogen (secondary N) is 1. The first-order valence-electron chi connectivity index (χ1n) is 13.0. The number of hydrogen-bond acceptors (Lipinski definition) is 3. The van der Waals surface area contributed by atoms with Gasteiger partial charge in [-0.3, -0.25) is 9.59 Å². The first-order chi connectivity index (χ1) is 17.5. The van der Waals surface area contributed by atoms with Crippen molar-refractivity contribution < 1.29 is 18.7 Å². The molecule has 1 aromatic heterocycles. The highest BCUT2D eigenvalue weighted by molar-refractivity contribution is 5.98. The lowest BCUT2D eigenvalue weighted by Gasteiger charge is -2.41. The number of halogens is 1. The molecule has 3 aromatic rings. The van der Waals surface area contributed by atoms with Crippen LogP contribution in [0.1, 0.15) is 41.7 Å². The fraction of sp³-hybridized carbons (Fsp3) is 0.448. The third kappa shape index (κ3) is 5.31. The van der Waals surface area contributed by atoms with Crippen molar-refractivity contribution in [3.8, 4) is 0 Å². The Morgan fingerprint density at radius 1 is 1.06 bits per heavy atom. The van der Waals surface area contributed by atoms with Gasteiger partial charge in [0.1, 0.15) is 11.5 Å². The van der Waals surface area contributed by atoms with Gasteiger partial charge in [0.05, 0.1) is 0 Å². The van der Waals surface area contributed by atoms with Gasteiger partial charge < -0.3 is 19.5 Å². The van der Waals surface area contributed by atoms with Crippen molar-refractivity contribution in [2.75, 3.05) is 33.4 Å². The first kappa shape index (κ1) is 24.5. The quantitative estimate of drug-likeness (QED) is 0.546. The Morgan fingerprint density at radius 2 is 1.78 bits per heavy atom. The molecule has 2 aliphatic rings. The molecule has 3 heterocycles. The van der Waals surface area contributed by atoms with E-state index in [0.717, 1.165) is 37.6 Å². The molecular weight excluding hydrogens is 457 g/mol. The molecule has 7 heteroatoms. The molecule has 190 valence electrons. The number of nitrogens with zero attached hydrogens (tertiary/aromatic N) is 2. The van der Waals surface area contributed by atoms with Crippen LogP contribution >= 0.6 is 0 Å². The first-order valence-corrected chi connectivity index (χ1v) is 13.0. The van der Waals surface area contributed by atoms with Gasteiger partial charge in [-0.25, -0.2) is 4.39 Å². The summed E-state index contributed by atoms with van der Waals surface area (Å²) in [6.45, 7) is 2.57. The normalized spacial score (nSPS) is 18.3. The summed E-state index contributed by atoms with van der Waals surface area (Å²) in [5.41, 5.74) is 2.46. The minimum atomic E-state index is -0.315. The standard InChI is InChI=1S/C29H34FN3O3/c1-32(28(34)22-11-15-36-16-12-22)27(17-20-5-3-2-4-6-20)21-9-13-33(14-10-21)29(35)26-19-23-18-24(30)7-8-25(23)31-26/h2-8,18-19,21-22,27,31H,9-17H2,1H3/t27-/m1/s1. The smallest absolute Gasteiger partial charge is 0.270 e. The number of amides is 2. The predicted molar refractivity (Wildman–Crippen MR) is 137 cm³/mol. The SMILES string of the molecule is CN(C(=O)C1CCOCC1)[C@H](Cc1ccccc1)C1CCN(C(=O)c2cc3cc(F)ccc3[nH]2)CC1. The summed E-state index contributed by atoms with van der Waals surface area (Å²) in [4.78, 5) is 33.6. The summed E-state index contributed by atoms with van der Waals surface area (Å²) in [5.74, 6) is 0.167. The van der Waals surface area contributed by atoms with Gasteiger partial charge in [-0.15, -0.1) is 0 Å². The van der Waals surface area contributed by atoms with E-state index < -0.39 is 0 Å². The van der Waals surface area contributed by atoms with E-state index in [4.69, 9.17) is 4.74 Å². The molecular formula is C29H34FN3O3. The van der Waals surface area contributed by atoms with Crippen molar-refractivity contribution in [3.63, 3.8) is 0 Å². The number of carbonyl (C=O) groups excluding carboxylic acids is 2. The Kier molecular flexibility index (Phi) is 7.37. The molecule has 0 aliphatic carbocycles. The summed E-state index contributed by atoms with van der Waals surface area (Å²) < 4.78 is 19.0. The van der Waals surface area contributed by atoms with E-state index >= 15 is 0 Å². The van der Waals surface area contributed by atoms with Crippen LogP contribution in [0.3, 0.4) is 0 Å². The lowest BCUT2D eigenvalue weighted by atomic mass is 9.84. The molecule has 36 heavy (non-hydrogen) atoms. The number of piperidine rings is 1. The third-order valence-electron chi connectivity index (χ3n) is 7.89. The van der Waals surface area contributed by atoms with Gasteiger partial charge in [0, 0.05) is 56.2 Å². The van der Waals surface area contributed by atoms with Crippen molar-refractivity contribution in [2.45, 2.75) is 38.1 Å². The van der Waals surface area contributed by atoms with Crippen LogP contribution in [0.25, 0.3) is 10.9 Å². The number of fused-ring (bicyclic) bond motifs is 1. The lowest BCUT2D eigenvalue weighted by molar-refractivity contribution is -0.140. The zero-order valence-corrected chi connectivity index (χ0v) is 20.8. The van der Waals surface area contributed by atoms with Crippen LogP contribution in [0.4, 0.5) is 4.39 Å². The molecule has 1 N–H and O–H groups in total. The second-order valence-electron chi connectivity index (χ2n) is 10.1. The molecule has 0 radical (unpaired) electrons. The number of aromatic amines is 1. The zero-order valence-electron chi connectivity index (χ0n) is 20.8. The van der Waals surface area contributed by atoms with Gasteiger partial charge in [0.25, 0.3) is 5.91 Å². The second kappa shape index (κ2) is 10.8. The minimum Gasteiger partial charge on any atom is -0.381 e. The molecule has 1 atom stereocenters. The van der Waals surface area contributed by atoms with Crippen molar-refractivity contribution >= 4 is 22.7 Å². The van der Waals surface area contributed by atoms with Crippen molar-refractivity contribution in [2.24, 2.45) is 11.8 Å². The molecule has 0 spiro atoms. The summed E-state index contributed by atoms with van der Waals surface area (Å²) in [5, 5.41) is 0.699. The highest BCUT2D eigenvalue weighted by Gasteiger charge is 2.35. The minimum absolute atomic E-state index is 0.0236. The van der Waals surface area contributed by atoms with Crippen LogP contribution in [0.15, 0.2) is 54.6 Å². The lowest BCUT2D eigenvalue weighted by Crippen LogP contribution is -2.50. The predicted octanol–water partition coefficient (Wildman–Crippen LogP) is 4.66. The fourth-order valence-electron chi connectivity index (χ4n) is 5.75. The molecule has 2 aromatic carbocycles. The average molecular weight is 492 g/mol. The topological polar surface area (TPSA) is 65.6 Å². The number of likely N-dealkylation sites (tertiary alicyclic amines) is 1. The van der Waals surface area contributed by atoms with Gasteiger partial charge >= 0.3 is 0 Å². The number of rotatable bonds is 6. The molecule has 6 nitrogen and oxygen atoms in total. The van der Waals surface area contributed by atoms with Gasteiger partial charge in [0.15, 0.2) is 0 Å². The maximum absolute atomic E-state index is 13.6. The molecule has 0 bridgehead atoms. The highest BCUT2D eigenvalue weighted by Crippen LogP contribution is 2.29. The van der Waals surface area contributed by atoms with Crippen LogP contribution in [-0.4, -0.2) is 66.0 Å². The maximum Gasteiger partial charge on any atom is 0.270 e. The molecule has 2 saturated heterocycles. The molecule has 5 rings (SSSR count). The third-order valence-corrected chi connectivity index (χ3v) is 7.89. The maximum atomic E-state index is 13.6. The number of carbonyl (C=O) groups is 2. The van der Waals surface area contributed by atoms with Crippen LogP contribution in [-0.2, 0) is 16.0 Å². The Morgan fingerprint density at radius 3 is 2.50 bits per heavy atom. The number of H-pyrrole nitrogens is 1. The van der Waals surface area contributed by atoms with Crippen molar-refractivity contribution in [1.29, 1.82) is 0 Å². The van der Waals surface area contributed by atoms with Crippen molar-refractivity contribution in [3.05, 3.63) is 71.7 Å². The van der Waals surface area contributed by atoms with Gasteiger partial charge in [-0.1, -0.05) is 30.3 Å². The fourth-order valence-corrected chi connectivity index (χ4v) is 5.75. The molecule has 0 unspecified atom stereocenters. The monoisotopic (exact) mass is 491 g/mol. The van der Waals surface area contributed by atoms with E-state index in [-0.39, 0.29) is 29.6 Å². The summed E-state index contributed by atoms with van der Waals surface area (Å²) in [6.07, 6.45) is 4.04. The average Bonchev–Trinajstić information content (AvgIpc) is 3.35. The summed E-state index contributed by atoms with van der Waals surface area (Å²) in [6, 6.07) is 16.6. The number of likely N-dealkylation sites (N-methyl/N-ethyl adjacent to an activating group) is 1. The molecule has 2 amide bonds. The Balaban J connectivity index is 1.28. The van der Waals surface area contributed by atoms with E-state index in [1.54, 1.807) is 12.1 Å². The van der Waals surface area contributed by atoms with Gasteiger partial charge in [-0.05, 0) is 67.9 Å². The van der Waals surface area contributed by atoms with E-state index in [1.165, 1.54) is 17.7 Å². The zero-order chi connectivity index (χ0) is 25.1. The molecule has 0 saturated carbocycles. The number of aromatic nitrogens is 1. The van der Waals surface area contributed by atoms with Gasteiger partial charge in [0.2, 0.25) is 5.91 Å². The van der Waals surface area contributed by atoms with E-state index in [2.05, 4.69) is 17.1 Å². The number of benzene rings is 2. The Hall–Kier alpha value is -3.19. The summed E-state index contributed by atoms with van der Waals surface area (Å²) >= 11 is 0. The van der Waals surface area contributed by atoms with Crippen LogP contribution < -0.4 is 0 Å². The number of ether oxygens (including phenoxy) is 1. The van der Waals surface area contributed by atoms with Crippen LogP contribution in [0.5, 0.6) is 0 Å².